The number of nitrogens with one attached hydrogen (secondary N) is 1. The minimum atomic E-state index is -0.252. The van der Waals surface area contributed by atoms with Crippen LogP contribution >= 0.6 is 0 Å². The van der Waals surface area contributed by atoms with Gasteiger partial charge >= 0.3 is 0 Å². The molecule has 1 amide bonds. The van der Waals surface area contributed by atoms with Gasteiger partial charge in [-0.1, -0.05) is 0 Å². The van der Waals surface area contributed by atoms with Gasteiger partial charge in [0.25, 0.3) is 5.91 Å². The van der Waals surface area contributed by atoms with Crippen molar-refractivity contribution < 1.29 is 24.1 Å². The minimum absolute atomic E-state index is 0.0553. The van der Waals surface area contributed by atoms with Crippen molar-refractivity contribution in [1.82, 2.24) is 20.2 Å². The zero-order valence-electron chi connectivity index (χ0n) is 20.8. The van der Waals surface area contributed by atoms with Crippen molar-refractivity contribution in [3.8, 4) is 11.5 Å². The van der Waals surface area contributed by atoms with Crippen LogP contribution in [0, 0.1) is 0 Å². The van der Waals surface area contributed by atoms with Crippen molar-refractivity contribution >= 4 is 28.3 Å². The molecular weight excluding hydrogens is 462 g/mol. The lowest BCUT2D eigenvalue weighted by atomic mass is 10.2. The molecule has 0 atom stereocenters. The molecule has 0 bridgehead atoms. The summed E-state index contributed by atoms with van der Waals surface area (Å²) < 4.78 is 16.2. The quantitative estimate of drug-likeness (QED) is 0.414. The fraction of sp³-hybridized carbons (Fsp3) is 0.423. The molecular formula is C26H33N5O5. The molecule has 0 spiro atoms. The van der Waals surface area contributed by atoms with Crippen molar-refractivity contribution in [2.45, 2.75) is 6.42 Å². The maximum absolute atomic E-state index is 12.7. The van der Waals surface area contributed by atoms with E-state index in [1.165, 1.54) is 6.20 Å². The number of benzene rings is 2. The number of rotatable bonds is 11. The molecule has 0 unspecified atom stereocenters. The third-order valence-corrected chi connectivity index (χ3v) is 6.08. The molecule has 2 aromatic carbocycles. The third kappa shape index (κ3) is 6.39. The molecule has 1 aliphatic heterocycles. The SMILES string of the molecule is COc1cc(OC)cc(N(CCCO)c2ccc3ncc(C(=O)NCCN4CCOCC4)nc3c2)c1. The number of methoxy groups -OCH3 is 2. The summed E-state index contributed by atoms with van der Waals surface area (Å²) >= 11 is 0. The highest BCUT2D eigenvalue weighted by atomic mass is 16.5. The Kier molecular flexibility index (Phi) is 8.88. The fourth-order valence-corrected chi connectivity index (χ4v) is 4.10. The standard InChI is InChI=1S/C26H33N5O5/c1-34-21-14-20(15-22(17-21)35-2)31(7-3-11-32)19-4-5-23-24(16-19)29-25(18-28-23)26(33)27-6-8-30-9-12-36-13-10-30/h4-5,14-18,32H,3,6-13H2,1-2H3,(H,27,33). The summed E-state index contributed by atoms with van der Waals surface area (Å²) in [6.07, 6.45) is 2.07. The first kappa shape index (κ1) is 25.6. The zero-order chi connectivity index (χ0) is 25.3. The molecule has 192 valence electrons. The predicted octanol–water partition coefficient (Wildman–Crippen LogP) is 2.23. The van der Waals surface area contributed by atoms with Crippen molar-refractivity contribution in [3.05, 3.63) is 48.3 Å². The Morgan fingerprint density at radius 3 is 2.53 bits per heavy atom. The van der Waals surface area contributed by atoms with Gasteiger partial charge in [0, 0.05) is 68.9 Å². The predicted molar refractivity (Wildman–Crippen MR) is 137 cm³/mol. The normalized spacial score (nSPS) is 14.0. The van der Waals surface area contributed by atoms with Crippen LogP contribution in [0.2, 0.25) is 0 Å². The minimum Gasteiger partial charge on any atom is -0.497 e. The van der Waals surface area contributed by atoms with Crippen LogP contribution in [0.4, 0.5) is 11.4 Å². The van der Waals surface area contributed by atoms with E-state index in [0.29, 0.717) is 42.0 Å². The number of carbonyl (C=O) groups excluding carboxylic acids is 1. The van der Waals surface area contributed by atoms with E-state index >= 15 is 0 Å². The Morgan fingerprint density at radius 1 is 1.08 bits per heavy atom. The zero-order valence-corrected chi connectivity index (χ0v) is 20.8. The number of hydrogen-bond donors (Lipinski definition) is 2. The number of carbonyl (C=O) groups is 1. The summed E-state index contributed by atoms with van der Waals surface area (Å²) in [7, 11) is 3.21. The first-order valence-electron chi connectivity index (χ1n) is 12.1. The molecule has 1 saturated heterocycles. The molecule has 1 fully saturated rings. The molecule has 0 aliphatic carbocycles. The van der Waals surface area contributed by atoms with E-state index in [2.05, 4.69) is 25.1 Å². The van der Waals surface area contributed by atoms with Gasteiger partial charge in [-0.05, 0) is 24.6 Å². The van der Waals surface area contributed by atoms with E-state index in [4.69, 9.17) is 14.2 Å². The maximum atomic E-state index is 12.7. The third-order valence-electron chi connectivity index (χ3n) is 6.08. The van der Waals surface area contributed by atoms with Crippen LogP contribution in [0.25, 0.3) is 11.0 Å². The van der Waals surface area contributed by atoms with Crippen molar-refractivity contribution in [2.24, 2.45) is 0 Å². The van der Waals surface area contributed by atoms with Gasteiger partial charge in [0.15, 0.2) is 0 Å². The first-order valence-corrected chi connectivity index (χ1v) is 12.1. The van der Waals surface area contributed by atoms with Crippen LogP contribution < -0.4 is 19.7 Å². The van der Waals surface area contributed by atoms with Gasteiger partial charge in [-0.2, -0.15) is 0 Å². The van der Waals surface area contributed by atoms with Crippen LogP contribution in [0.3, 0.4) is 0 Å². The topological polar surface area (TPSA) is 109 Å². The van der Waals surface area contributed by atoms with E-state index in [-0.39, 0.29) is 18.2 Å². The van der Waals surface area contributed by atoms with Gasteiger partial charge in [0.1, 0.15) is 17.2 Å². The highest BCUT2D eigenvalue weighted by Crippen LogP contribution is 2.34. The maximum Gasteiger partial charge on any atom is 0.271 e. The second kappa shape index (κ2) is 12.5. The largest absolute Gasteiger partial charge is 0.497 e. The summed E-state index contributed by atoms with van der Waals surface area (Å²) in [6.45, 7) is 5.12. The van der Waals surface area contributed by atoms with Crippen LogP contribution in [0.1, 0.15) is 16.9 Å². The van der Waals surface area contributed by atoms with E-state index < -0.39 is 0 Å². The summed E-state index contributed by atoms with van der Waals surface area (Å²) in [6, 6.07) is 11.4. The van der Waals surface area contributed by atoms with Crippen LogP contribution in [0.15, 0.2) is 42.6 Å². The Bertz CT molecular complexity index is 1150. The van der Waals surface area contributed by atoms with Crippen molar-refractivity contribution in [2.75, 3.05) is 71.7 Å². The summed E-state index contributed by atoms with van der Waals surface area (Å²) in [4.78, 5) is 26.1. The number of amides is 1. The average molecular weight is 496 g/mol. The number of aromatic nitrogens is 2. The molecule has 2 N–H and O–H groups in total. The molecule has 1 aromatic heterocycles. The lowest BCUT2D eigenvalue weighted by Gasteiger charge is -2.26. The Balaban J connectivity index is 1.55. The Morgan fingerprint density at radius 2 is 1.83 bits per heavy atom. The van der Waals surface area contributed by atoms with Gasteiger partial charge < -0.3 is 29.5 Å². The number of fused-ring (bicyclic) bond motifs is 1. The number of aliphatic hydroxyl groups excluding tert-OH is 1. The summed E-state index contributed by atoms with van der Waals surface area (Å²) in [5.41, 5.74) is 3.27. The lowest BCUT2D eigenvalue weighted by Crippen LogP contribution is -2.41. The second-order valence-electron chi connectivity index (χ2n) is 8.44. The number of morpholine rings is 1. The molecule has 4 rings (SSSR count). The number of anilines is 2. The van der Waals surface area contributed by atoms with Gasteiger partial charge in [-0.15, -0.1) is 0 Å². The van der Waals surface area contributed by atoms with Crippen molar-refractivity contribution in [3.63, 3.8) is 0 Å². The molecule has 3 aromatic rings. The Hall–Kier alpha value is -3.47. The number of ether oxygens (including phenoxy) is 3. The Labute approximate surface area is 210 Å². The van der Waals surface area contributed by atoms with E-state index in [1.54, 1.807) is 14.2 Å². The molecule has 0 saturated carbocycles. The smallest absolute Gasteiger partial charge is 0.271 e. The number of nitrogens with zero attached hydrogens (tertiary/aromatic N) is 4. The molecule has 2 heterocycles. The summed E-state index contributed by atoms with van der Waals surface area (Å²) in [5.74, 6) is 1.07. The summed E-state index contributed by atoms with van der Waals surface area (Å²) in [5, 5.41) is 12.4. The number of aliphatic hydroxyl groups is 1. The van der Waals surface area contributed by atoms with Gasteiger partial charge in [0.2, 0.25) is 0 Å². The van der Waals surface area contributed by atoms with Gasteiger partial charge in [-0.3, -0.25) is 14.7 Å². The van der Waals surface area contributed by atoms with E-state index in [1.807, 2.05) is 36.4 Å². The highest BCUT2D eigenvalue weighted by Gasteiger charge is 2.16. The van der Waals surface area contributed by atoms with E-state index in [0.717, 1.165) is 44.2 Å². The fourth-order valence-electron chi connectivity index (χ4n) is 4.10. The van der Waals surface area contributed by atoms with Crippen molar-refractivity contribution in [1.29, 1.82) is 0 Å². The van der Waals surface area contributed by atoms with Crippen LogP contribution in [0.5, 0.6) is 11.5 Å². The first-order chi connectivity index (χ1) is 17.6. The molecule has 0 radical (unpaired) electrons. The highest BCUT2D eigenvalue weighted by molar-refractivity contribution is 5.94. The molecule has 1 aliphatic rings. The average Bonchev–Trinajstić information content (AvgIpc) is 2.93. The number of hydrogen-bond acceptors (Lipinski definition) is 9. The monoisotopic (exact) mass is 495 g/mol. The van der Waals surface area contributed by atoms with Gasteiger partial charge in [-0.25, -0.2) is 4.98 Å². The molecule has 10 heteroatoms. The van der Waals surface area contributed by atoms with Gasteiger partial charge in [0.05, 0.1) is 44.7 Å². The van der Waals surface area contributed by atoms with Crippen LogP contribution in [-0.2, 0) is 4.74 Å². The molecule has 10 nitrogen and oxygen atoms in total. The van der Waals surface area contributed by atoms with E-state index in [9.17, 15) is 9.90 Å². The van der Waals surface area contributed by atoms with Crippen LogP contribution in [-0.4, -0.2) is 92.6 Å². The second-order valence-corrected chi connectivity index (χ2v) is 8.44. The lowest BCUT2D eigenvalue weighted by molar-refractivity contribution is 0.0383. The molecule has 36 heavy (non-hydrogen) atoms.